The maximum atomic E-state index is 12.9. The summed E-state index contributed by atoms with van der Waals surface area (Å²) in [5.41, 5.74) is -1.19. The van der Waals surface area contributed by atoms with E-state index >= 15 is 0 Å². The minimum Gasteiger partial charge on any atom is -0.480 e. The highest BCUT2D eigenvalue weighted by Gasteiger charge is 2.35. The first kappa shape index (κ1) is 14.0. The van der Waals surface area contributed by atoms with Crippen LogP contribution in [0.5, 0.6) is 0 Å². The van der Waals surface area contributed by atoms with Gasteiger partial charge < -0.3 is 5.11 Å². The molecule has 0 saturated carbocycles. The molecule has 2 rings (SSSR count). The van der Waals surface area contributed by atoms with Gasteiger partial charge in [0.1, 0.15) is 0 Å². The summed E-state index contributed by atoms with van der Waals surface area (Å²) >= 11 is 0. The van der Waals surface area contributed by atoms with Crippen molar-refractivity contribution in [1.29, 1.82) is 0 Å². The average Bonchev–Trinajstić information content (AvgIpc) is 2.85. The number of aromatic nitrogens is 4. The first-order chi connectivity index (χ1) is 9.32. The van der Waals surface area contributed by atoms with Crippen molar-refractivity contribution in [3.63, 3.8) is 0 Å². The molecule has 106 valence electrons. The van der Waals surface area contributed by atoms with Crippen molar-refractivity contribution in [3.05, 3.63) is 29.8 Å². The molecule has 1 unspecified atom stereocenters. The van der Waals surface area contributed by atoms with Crippen LogP contribution in [0.4, 0.5) is 13.2 Å². The summed E-state index contributed by atoms with van der Waals surface area (Å²) in [7, 11) is 0. The van der Waals surface area contributed by atoms with Crippen molar-refractivity contribution >= 4 is 5.97 Å². The van der Waals surface area contributed by atoms with Crippen LogP contribution in [0.15, 0.2) is 24.3 Å². The number of carboxylic acids is 1. The summed E-state index contributed by atoms with van der Waals surface area (Å²) in [6.07, 6.45) is -4.58. The normalized spacial score (nSPS) is 13.2. The Hall–Kier alpha value is -2.45. The number of hydrogen-bond acceptors (Lipinski definition) is 4. The van der Waals surface area contributed by atoms with Crippen molar-refractivity contribution in [2.45, 2.75) is 19.1 Å². The van der Waals surface area contributed by atoms with E-state index in [1.54, 1.807) is 0 Å². The van der Waals surface area contributed by atoms with Gasteiger partial charge in [-0.15, -0.1) is 5.10 Å². The number of rotatable bonds is 3. The Labute approximate surface area is 110 Å². The second kappa shape index (κ2) is 4.91. The van der Waals surface area contributed by atoms with Gasteiger partial charge in [-0.25, -0.2) is 9.48 Å². The molecule has 0 bridgehead atoms. The van der Waals surface area contributed by atoms with Crippen LogP contribution in [0.2, 0.25) is 0 Å². The smallest absolute Gasteiger partial charge is 0.417 e. The Morgan fingerprint density at radius 3 is 2.60 bits per heavy atom. The molecule has 0 saturated heterocycles. The molecule has 0 aliphatic rings. The largest absolute Gasteiger partial charge is 0.480 e. The van der Waals surface area contributed by atoms with E-state index < -0.39 is 23.8 Å². The molecule has 6 nitrogen and oxygen atoms in total. The molecule has 1 aromatic carbocycles. The third kappa shape index (κ3) is 2.46. The number of alkyl halides is 3. The molecule has 1 atom stereocenters. The fourth-order valence-electron chi connectivity index (χ4n) is 1.66. The van der Waals surface area contributed by atoms with Crippen LogP contribution in [0, 0.1) is 0 Å². The van der Waals surface area contributed by atoms with E-state index in [4.69, 9.17) is 5.11 Å². The molecule has 0 fully saturated rings. The van der Waals surface area contributed by atoms with Gasteiger partial charge in [-0.2, -0.15) is 13.2 Å². The molecule has 0 aliphatic carbocycles. The second-order valence-corrected chi connectivity index (χ2v) is 4.00. The van der Waals surface area contributed by atoms with Crippen LogP contribution >= 0.6 is 0 Å². The van der Waals surface area contributed by atoms with E-state index in [-0.39, 0.29) is 11.4 Å². The number of halogens is 3. The van der Waals surface area contributed by atoms with E-state index in [9.17, 15) is 18.0 Å². The quantitative estimate of drug-likeness (QED) is 0.933. The zero-order chi connectivity index (χ0) is 14.9. The monoisotopic (exact) mass is 286 g/mol. The Morgan fingerprint density at radius 2 is 2.00 bits per heavy atom. The minimum absolute atomic E-state index is 0.243. The van der Waals surface area contributed by atoms with Crippen molar-refractivity contribution < 1.29 is 23.1 Å². The summed E-state index contributed by atoms with van der Waals surface area (Å²) in [4.78, 5) is 10.9. The lowest BCUT2D eigenvalue weighted by atomic mass is 10.1. The molecule has 0 spiro atoms. The summed E-state index contributed by atoms with van der Waals surface area (Å²) in [6.45, 7) is 1.28. The zero-order valence-electron chi connectivity index (χ0n) is 10.2. The lowest BCUT2D eigenvalue weighted by Crippen LogP contribution is -2.19. The van der Waals surface area contributed by atoms with Crippen molar-refractivity contribution in [3.8, 4) is 11.4 Å². The maximum Gasteiger partial charge on any atom is 0.417 e. The van der Waals surface area contributed by atoms with Gasteiger partial charge in [-0.1, -0.05) is 18.2 Å². The van der Waals surface area contributed by atoms with Crippen molar-refractivity contribution in [2.75, 3.05) is 0 Å². The summed E-state index contributed by atoms with van der Waals surface area (Å²) in [5.74, 6) is -1.49. The molecule has 0 radical (unpaired) electrons. The Balaban J connectivity index is 2.60. The van der Waals surface area contributed by atoms with Crippen molar-refractivity contribution in [1.82, 2.24) is 20.2 Å². The number of benzene rings is 1. The average molecular weight is 286 g/mol. The third-order valence-electron chi connectivity index (χ3n) is 2.69. The molecule has 1 N–H and O–H groups in total. The number of tetrazole rings is 1. The van der Waals surface area contributed by atoms with Gasteiger partial charge >= 0.3 is 12.1 Å². The van der Waals surface area contributed by atoms with Crippen LogP contribution in [-0.2, 0) is 11.0 Å². The fourth-order valence-corrected chi connectivity index (χ4v) is 1.66. The van der Waals surface area contributed by atoms with Gasteiger partial charge in [0, 0.05) is 5.56 Å². The Kier molecular flexibility index (Phi) is 3.43. The van der Waals surface area contributed by atoms with E-state index in [1.165, 1.54) is 25.1 Å². The van der Waals surface area contributed by atoms with Gasteiger partial charge in [0.15, 0.2) is 11.9 Å². The predicted octanol–water partition coefficient (Wildman–Crippen LogP) is 2.00. The topological polar surface area (TPSA) is 80.9 Å². The lowest BCUT2D eigenvalue weighted by molar-refractivity contribution is -0.140. The molecular weight excluding hydrogens is 277 g/mol. The highest BCUT2D eigenvalue weighted by molar-refractivity contribution is 5.72. The number of nitrogens with zero attached hydrogens (tertiary/aromatic N) is 4. The van der Waals surface area contributed by atoms with E-state index in [2.05, 4.69) is 15.5 Å². The summed E-state index contributed by atoms with van der Waals surface area (Å²) in [6, 6.07) is 3.54. The van der Waals surface area contributed by atoms with Gasteiger partial charge in [-0.05, 0) is 23.4 Å². The van der Waals surface area contributed by atoms with Gasteiger partial charge in [-0.3, -0.25) is 0 Å². The number of hydrogen-bond donors (Lipinski definition) is 1. The van der Waals surface area contributed by atoms with E-state index in [0.29, 0.717) is 0 Å². The van der Waals surface area contributed by atoms with Crippen LogP contribution in [0.25, 0.3) is 11.4 Å². The minimum atomic E-state index is -4.58. The lowest BCUT2D eigenvalue weighted by Gasteiger charge is -2.13. The fraction of sp³-hybridized carbons (Fsp3) is 0.273. The Morgan fingerprint density at radius 1 is 1.35 bits per heavy atom. The summed E-state index contributed by atoms with van der Waals surface area (Å²) < 4.78 is 39.7. The maximum absolute atomic E-state index is 12.9. The molecule has 1 heterocycles. The molecule has 20 heavy (non-hydrogen) atoms. The third-order valence-corrected chi connectivity index (χ3v) is 2.69. The highest BCUT2D eigenvalue weighted by atomic mass is 19.4. The number of aliphatic carboxylic acids is 1. The first-order valence-corrected chi connectivity index (χ1v) is 5.49. The number of carboxylic acid groups (broad SMARTS) is 1. The van der Waals surface area contributed by atoms with Gasteiger partial charge in [0.2, 0.25) is 0 Å². The SMILES string of the molecule is CC(C(=O)O)n1nnnc1-c1ccccc1C(F)(F)F. The standard InChI is InChI=1S/C11H9F3N4O2/c1-6(10(19)20)18-9(15-16-17-18)7-4-2-3-5-8(7)11(12,13)14/h2-6H,1H3,(H,19,20). The van der Waals surface area contributed by atoms with Gasteiger partial charge in [0.05, 0.1) is 5.56 Å². The molecule has 0 aliphatic heterocycles. The molecular formula is C11H9F3N4O2. The van der Waals surface area contributed by atoms with Crippen LogP contribution in [0.3, 0.4) is 0 Å². The molecule has 0 amide bonds. The molecule has 2 aromatic rings. The Bertz CT molecular complexity index is 639. The highest BCUT2D eigenvalue weighted by Crippen LogP contribution is 2.36. The first-order valence-electron chi connectivity index (χ1n) is 5.49. The second-order valence-electron chi connectivity index (χ2n) is 4.00. The molecule has 1 aromatic heterocycles. The van der Waals surface area contributed by atoms with E-state index in [0.717, 1.165) is 10.7 Å². The molecule has 9 heteroatoms. The number of carbonyl (C=O) groups is 1. The van der Waals surface area contributed by atoms with Gasteiger partial charge in [0.25, 0.3) is 0 Å². The predicted molar refractivity (Wildman–Crippen MR) is 60.6 cm³/mol. The summed E-state index contributed by atoms with van der Waals surface area (Å²) in [5, 5.41) is 19.1. The zero-order valence-corrected chi connectivity index (χ0v) is 10.2. The van der Waals surface area contributed by atoms with Crippen molar-refractivity contribution in [2.24, 2.45) is 0 Å². The van der Waals surface area contributed by atoms with Crippen LogP contribution in [-0.4, -0.2) is 31.3 Å². The van der Waals surface area contributed by atoms with Crippen LogP contribution in [0.1, 0.15) is 18.5 Å². The van der Waals surface area contributed by atoms with E-state index in [1.807, 2.05) is 0 Å². The van der Waals surface area contributed by atoms with Crippen LogP contribution < -0.4 is 0 Å².